The topological polar surface area (TPSA) is 72.5 Å². The zero-order valence-electron chi connectivity index (χ0n) is 22.0. The van der Waals surface area contributed by atoms with Crippen molar-refractivity contribution in [2.24, 2.45) is 40.4 Å². The normalized spacial score (nSPS) is 45.9. The maximum atomic E-state index is 12.8. The highest BCUT2D eigenvalue weighted by atomic mass is 16.7. The second-order valence-corrected chi connectivity index (χ2v) is 11.7. The van der Waals surface area contributed by atoms with Crippen LogP contribution in [0.1, 0.15) is 65.7 Å². The highest BCUT2D eigenvalue weighted by Gasteiger charge is 2.67. The van der Waals surface area contributed by atoms with Crippen LogP contribution < -0.4 is 0 Å². The number of Topliss-reactive ketones (excluding diaryl/α,β-unsaturated/α-hetero) is 1. The van der Waals surface area contributed by atoms with Crippen LogP contribution in [0.25, 0.3) is 0 Å². The Morgan fingerprint density at radius 3 is 2.18 bits per heavy atom. The van der Waals surface area contributed by atoms with E-state index in [1.54, 1.807) is 28.3 Å². The molecule has 0 aromatic carbocycles. The van der Waals surface area contributed by atoms with Gasteiger partial charge >= 0.3 is 0 Å². The molecular weight excluding hydrogens is 436 g/mol. The Bertz CT molecular complexity index is 700. The van der Waals surface area contributed by atoms with Crippen molar-refractivity contribution < 1.29 is 33.2 Å². The van der Waals surface area contributed by atoms with Gasteiger partial charge in [0, 0.05) is 32.7 Å². The minimum absolute atomic E-state index is 0.0104. The molecule has 0 N–H and O–H groups in total. The van der Waals surface area contributed by atoms with Crippen molar-refractivity contribution in [3.8, 4) is 0 Å². The molecule has 4 aliphatic carbocycles. The van der Waals surface area contributed by atoms with Crippen molar-refractivity contribution in [3.05, 3.63) is 0 Å². The van der Waals surface area contributed by atoms with E-state index in [1.165, 1.54) is 0 Å². The lowest BCUT2D eigenvalue weighted by Gasteiger charge is -2.64. The third kappa shape index (κ3) is 4.50. The van der Waals surface area contributed by atoms with Crippen molar-refractivity contribution in [1.82, 2.24) is 0 Å². The molecule has 0 spiro atoms. The molecule has 0 aliphatic heterocycles. The molecule has 34 heavy (non-hydrogen) atoms. The second kappa shape index (κ2) is 10.8. The summed E-state index contributed by atoms with van der Waals surface area (Å²) in [5.41, 5.74) is 0.0110. The van der Waals surface area contributed by atoms with Crippen LogP contribution in [-0.4, -0.2) is 65.8 Å². The number of fused-ring (bicyclic) bond motifs is 5. The van der Waals surface area contributed by atoms with Gasteiger partial charge in [0.05, 0.1) is 18.3 Å². The first-order valence-electron chi connectivity index (χ1n) is 13.1. The molecule has 0 unspecified atom stereocenters. The van der Waals surface area contributed by atoms with Gasteiger partial charge in [0.15, 0.2) is 0 Å². The summed E-state index contributed by atoms with van der Waals surface area (Å²) < 4.78 is 34.8. The minimum Gasteiger partial charge on any atom is -0.359 e. The Balaban J connectivity index is 1.68. The summed E-state index contributed by atoms with van der Waals surface area (Å²) >= 11 is 0. The molecule has 4 saturated carbocycles. The monoisotopic (exact) mass is 482 g/mol. The summed E-state index contributed by atoms with van der Waals surface area (Å²) in [4.78, 5) is 12.8. The van der Waals surface area contributed by atoms with Crippen LogP contribution in [0.4, 0.5) is 0 Å². The highest BCUT2D eigenvalue weighted by Crippen LogP contribution is 2.68. The first kappa shape index (κ1) is 26.5. The van der Waals surface area contributed by atoms with Gasteiger partial charge in [-0.3, -0.25) is 4.79 Å². The Hall–Kier alpha value is -0.570. The number of ether oxygens (including phenoxy) is 6. The van der Waals surface area contributed by atoms with Gasteiger partial charge in [-0.1, -0.05) is 13.8 Å². The van der Waals surface area contributed by atoms with E-state index in [2.05, 4.69) is 13.8 Å². The van der Waals surface area contributed by atoms with Gasteiger partial charge in [-0.25, -0.2) is 0 Å². The Labute approximate surface area is 205 Å². The quantitative estimate of drug-likeness (QED) is 0.427. The van der Waals surface area contributed by atoms with E-state index in [0.29, 0.717) is 43.0 Å². The predicted molar refractivity (Wildman–Crippen MR) is 127 cm³/mol. The van der Waals surface area contributed by atoms with Gasteiger partial charge < -0.3 is 28.4 Å². The van der Waals surface area contributed by atoms with E-state index in [0.717, 1.165) is 44.9 Å². The van der Waals surface area contributed by atoms with E-state index in [9.17, 15) is 4.79 Å². The lowest BCUT2D eigenvalue weighted by atomic mass is 9.43. The number of ketones is 1. The molecule has 0 saturated heterocycles. The fourth-order valence-electron chi connectivity index (χ4n) is 8.81. The van der Waals surface area contributed by atoms with Crippen LogP contribution in [0.3, 0.4) is 0 Å². The smallest absolute Gasteiger partial charge is 0.146 e. The maximum absolute atomic E-state index is 12.8. The van der Waals surface area contributed by atoms with Crippen molar-refractivity contribution in [3.63, 3.8) is 0 Å². The molecule has 0 aromatic rings. The zero-order chi connectivity index (χ0) is 24.5. The lowest BCUT2D eigenvalue weighted by Crippen LogP contribution is -2.63. The third-order valence-electron chi connectivity index (χ3n) is 10.4. The molecule has 7 nitrogen and oxygen atoms in total. The molecule has 4 aliphatic rings. The number of carbonyl (C=O) groups is 1. The standard InChI is InChI=1S/C27H46O7/c1-17(28)20-7-8-21-25-22(13-24(27(20,21)3)34-16-31-6)26(2)10-9-19(32-14-29-4)11-18(26)12-23(25)33-15-30-5/h18-25H,7-16H2,1-6H3/t18-,19+,20+,21-,22-,23+,24+,25-,26-,27+/m0/s1. The number of hydrogen-bond acceptors (Lipinski definition) is 7. The molecule has 0 radical (unpaired) electrons. The molecule has 0 aromatic heterocycles. The van der Waals surface area contributed by atoms with Gasteiger partial charge in [-0.2, -0.15) is 0 Å². The van der Waals surface area contributed by atoms with E-state index >= 15 is 0 Å². The van der Waals surface area contributed by atoms with Gasteiger partial charge in [0.25, 0.3) is 0 Å². The number of methoxy groups -OCH3 is 3. The Morgan fingerprint density at radius 1 is 0.824 bits per heavy atom. The molecule has 0 bridgehead atoms. The maximum Gasteiger partial charge on any atom is 0.146 e. The van der Waals surface area contributed by atoms with E-state index < -0.39 is 0 Å². The highest BCUT2D eigenvalue weighted by molar-refractivity contribution is 5.79. The SMILES string of the molecule is COCO[C@@H]1CC[C@@]2(C)[C@@H](C1)C[C@@H](OCOC)[C@@H]1[C@@H]2C[C@@H](OCOC)[C@]2(C)[C@@H](C(C)=O)CC[C@@H]12. The van der Waals surface area contributed by atoms with E-state index in [4.69, 9.17) is 28.4 Å². The molecule has 10 atom stereocenters. The number of rotatable bonds is 10. The minimum atomic E-state index is -0.192. The zero-order valence-corrected chi connectivity index (χ0v) is 22.0. The van der Waals surface area contributed by atoms with E-state index in [-0.39, 0.29) is 41.9 Å². The summed E-state index contributed by atoms with van der Waals surface area (Å²) in [5.74, 6) is 2.12. The van der Waals surface area contributed by atoms with Crippen LogP contribution in [0.5, 0.6) is 0 Å². The first-order valence-corrected chi connectivity index (χ1v) is 13.1. The molecule has 4 rings (SSSR count). The Kier molecular flexibility index (Phi) is 8.43. The first-order chi connectivity index (χ1) is 16.3. The van der Waals surface area contributed by atoms with Crippen molar-refractivity contribution in [2.45, 2.75) is 84.0 Å². The van der Waals surface area contributed by atoms with Crippen molar-refractivity contribution >= 4 is 5.78 Å². The molecule has 0 amide bonds. The van der Waals surface area contributed by atoms with Crippen molar-refractivity contribution in [2.75, 3.05) is 41.7 Å². The largest absolute Gasteiger partial charge is 0.359 e. The summed E-state index contributed by atoms with van der Waals surface area (Å²) in [7, 11) is 5.05. The summed E-state index contributed by atoms with van der Waals surface area (Å²) in [5, 5.41) is 0. The number of hydrogen-bond donors (Lipinski definition) is 0. The summed E-state index contributed by atoms with van der Waals surface area (Å²) in [6, 6.07) is 0. The van der Waals surface area contributed by atoms with Crippen LogP contribution in [-0.2, 0) is 33.2 Å². The summed E-state index contributed by atoms with van der Waals surface area (Å²) in [6.07, 6.45) is 7.59. The third-order valence-corrected chi connectivity index (χ3v) is 10.4. The lowest BCUT2D eigenvalue weighted by molar-refractivity contribution is -0.246. The average molecular weight is 483 g/mol. The van der Waals surface area contributed by atoms with Crippen LogP contribution >= 0.6 is 0 Å². The molecule has 4 fully saturated rings. The Morgan fingerprint density at radius 2 is 1.50 bits per heavy atom. The van der Waals surface area contributed by atoms with Gasteiger partial charge in [0.2, 0.25) is 0 Å². The van der Waals surface area contributed by atoms with Gasteiger partial charge in [-0.05, 0) is 81.0 Å². The molecule has 196 valence electrons. The van der Waals surface area contributed by atoms with Crippen LogP contribution in [0.2, 0.25) is 0 Å². The fraction of sp³-hybridized carbons (Fsp3) is 0.963. The second-order valence-electron chi connectivity index (χ2n) is 11.7. The average Bonchev–Trinajstić information content (AvgIpc) is 3.18. The van der Waals surface area contributed by atoms with Gasteiger partial charge in [0.1, 0.15) is 26.2 Å². The van der Waals surface area contributed by atoms with Crippen LogP contribution in [0, 0.1) is 40.4 Å². The summed E-state index contributed by atoms with van der Waals surface area (Å²) in [6.45, 7) is 7.50. The molecule has 7 heteroatoms. The predicted octanol–water partition coefficient (Wildman–Crippen LogP) is 4.42. The van der Waals surface area contributed by atoms with E-state index in [1.807, 2.05) is 0 Å². The fourth-order valence-corrected chi connectivity index (χ4v) is 8.81. The molecule has 0 heterocycles. The van der Waals surface area contributed by atoms with Crippen molar-refractivity contribution in [1.29, 1.82) is 0 Å². The molecular formula is C27H46O7. The van der Waals surface area contributed by atoms with Crippen LogP contribution in [0.15, 0.2) is 0 Å². The van der Waals surface area contributed by atoms with Gasteiger partial charge in [-0.15, -0.1) is 0 Å². The number of carbonyl (C=O) groups excluding carboxylic acids is 1.